The maximum Gasteiger partial charge on any atom is 0.336 e. The van der Waals surface area contributed by atoms with Crippen LogP contribution in [0.4, 0.5) is 4.39 Å². The van der Waals surface area contributed by atoms with Gasteiger partial charge in [0.05, 0.1) is 5.56 Å². The predicted molar refractivity (Wildman–Crippen MR) is 71.7 cm³/mol. The second kappa shape index (κ2) is 6.15. The van der Waals surface area contributed by atoms with Gasteiger partial charge in [0, 0.05) is 12.6 Å². The largest absolute Gasteiger partial charge is 0.478 e. The summed E-state index contributed by atoms with van der Waals surface area (Å²) in [6.45, 7) is 3.75. The molecule has 2 rings (SSSR count). The summed E-state index contributed by atoms with van der Waals surface area (Å²) in [5.41, 5.74) is 0.777. The summed E-state index contributed by atoms with van der Waals surface area (Å²) in [4.78, 5) is 13.5. The van der Waals surface area contributed by atoms with E-state index in [1.807, 2.05) is 0 Å². The molecule has 1 fully saturated rings. The Morgan fingerprint density at radius 1 is 1.42 bits per heavy atom. The molecule has 1 aliphatic heterocycles. The summed E-state index contributed by atoms with van der Waals surface area (Å²) in [7, 11) is 0. The first-order chi connectivity index (χ1) is 9.08. The molecule has 0 radical (unpaired) electrons. The molecule has 104 valence electrons. The van der Waals surface area contributed by atoms with Gasteiger partial charge in [0.15, 0.2) is 0 Å². The highest BCUT2D eigenvalue weighted by atomic mass is 19.1. The first-order valence-corrected chi connectivity index (χ1v) is 6.83. The van der Waals surface area contributed by atoms with Crippen molar-refractivity contribution in [3.05, 3.63) is 35.1 Å². The normalized spacial score (nSPS) is 21.1. The van der Waals surface area contributed by atoms with Crippen LogP contribution in [0.3, 0.4) is 0 Å². The smallest absolute Gasteiger partial charge is 0.336 e. The molecule has 0 spiro atoms. The van der Waals surface area contributed by atoms with Gasteiger partial charge in [0.25, 0.3) is 0 Å². The molecule has 19 heavy (non-hydrogen) atoms. The van der Waals surface area contributed by atoms with Gasteiger partial charge in [-0.2, -0.15) is 0 Å². The molecule has 0 aromatic heterocycles. The average Bonchev–Trinajstić information content (AvgIpc) is 2.57. The second-order valence-electron chi connectivity index (χ2n) is 5.28. The van der Waals surface area contributed by atoms with Crippen LogP contribution >= 0.6 is 0 Å². The number of hydrogen-bond donors (Lipinski definition) is 1. The highest BCUT2D eigenvalue weighted by Crippen LogP contribution is 2.21. The average molecular weight is 265 g/mol. The number of carboxylic acid groups (broad SMARTS) is 1. The van der Waals surface area contributed by atoms with Crippen LogP contribution in [0.1, 0.15) is 48.5 Å². The Bertz CT molecular complexity index is 461. The molecule has 1 aromatic rings. The van der Waals surface area contributed by atoms with Crippen molar-refractivity contribution in [3.8, 4) is 0 Å². The monoisotopic (exact) mass is 265 g/mol. The third-order valence-electron chi connectivity index (χ3n) is 3.87. The lowest BCUT2D eigenvalue weighted by atomic mass is 10.1. The molecule has 0 aliphatic carbocycles. The molecule has 1 unspecified atom stereocenters. The predicted octanol–water partition coefficient (Wildman–Crippen LogP) is 3.29. The van der Waals surface area contributed by atoms with Crippen LogP contribution in [-0.4, -0.2) is 28.6 Å². The van der Waals surface area contributed by atoms with Gasteiger partial charge in [-0.15, -0.1) is 0 Å². The number of hydrogen-bond acceptors (Lipinski definition) is 2. The summed E-state index contributed by atoms with van der Waals surface area (Å²) >= 11 is 0. The minimum atomic E-state index is -1.06. The lowest BCUT2D eigenvalue weighted by molar-refractivity contribution is 0.0693. The standard InChI is InChI=1S/C15H20FNO2/c1-11-5-3-2-4-8-17(11)10-12-6-7-13(16)9-14(12)15(18)19/h6-7,9,11H,2-5,8,10H2,1H3,(H,18,19). The topological polar surface area (TPSA) is 40.5 Å². The molecule has 0 amide bonds. The zero-order valence-corrected chi connectivity index (χ0v) is 11.2. The van der Waals surface area contributed by atoms with E-state index in [2.05, 4.69) is 11.8 Å². The van der Waals surface area contributed by atoms with Crippen LogP contribution in [-0.2, 0) is 6.54 Å². The molecule has 1 heterocycles. The fourth-order valence-corrected chi connectivity index (χ4v) is 2.67. The summed E-state index contributed by atoms with van der Waals surface area (Å²) in [6, 6.07) is 4.50. The van der Waals surface area contributed by atoms with E-state index in [1.54, 1.807) is 6.07 Å². The number of benzene rings is 1. The van der Waals surface area contributed by atoms with Gasteiger partial charge < -0.3 is 5.11 Å². The van der Waals surface area contributed by atoms with E-state index in [4.69, 9.17) is 5.11 Å². The SMILES string of the molecule is CC1CCCCCN1Cc1ccc(F)cc1C(=O)O. The molecule has 0 bridgehead atoms. The van der Waals surface area contributed by atoms with Gasteiger partial charge in [-0.25, -0.2) is 9.18 Å². The Labute approximate surface area is 113 Å². The van der Waals surface area contributed by atoms with Crippen LogP contribution in [0.25, 0.3) is 0 Å². The Balaban J connectivity index is 2.19. The highest BCUT2D eigenvalue weighted by molar-refractivity contribution is 5.89. The van der Waals surface area contributed by atoms with Crippen molar-refractivity contribution in [2.24, 2.45) is 0 Å². The van der Waals surface area contributed by atoms with Crippen LogP contribution in [0.15, 0.2) is 18.2 Å². The molecule has 1 saturated heterocycles. The summed E-state index contributed by atoms with van der Waals surface area (Å²) in [5, 5.41) is 9.16. The molecular weight excluding hydrogens is 245 g/mol. The Kier molecular flexibility index (Phi) is 4.53. The van der Waals surface area contributed by atoms with E-state index in [-0.39, 0.29) is 5.56 Å². The molecule has 3 nitrogen and oxygen atoms in total. The Hall–Kier alpha value is -1.42. The van der Waals surface area contributed by atoms with Gasteiger partial charge >= 0.3 is 5.97 Å². The maximum absolute atomic E-state index is 13.2. The number of carboxylic acids is 1. The number of nitrogens with zero attached hydrogens (tertiary/aromatic N) is 1. The third-order valence-corrected chi connectivity index (χ3v) is 3.87. The fraction of sp³-hybridized carbons (Fsp3) is 0.533. The molecule has 1 aliphatic rings. The van der Waals surface area contributed by atoms with Crippen molar-refractivity contribution in [1.82, 2.24) is 4.90 Å². The zero-order valence-electron chi connectivity index (χ0n) is 11.2. The van der Waals surface area contributed by atoms with E-state index in [9.17, 15) is 9.18 Å². The van der Waals surface area contributed by atoms with Crippen molar-refractivity contribution in [2.45, 2.75) is 45.2 Å². The van der Waals surface area contributed by atoms with Gasteiger partial charge in [-0.1, -0.05) is 18.9 Å². The number of halogens is 1. The van der Waals surface area contributed by atoms with Crippen LogP contribution in [0.5, 0.6) is 0 Å². The van der Waals surface area contributed by atoms with Gasteiger partial charge in [0.1, 0.15) is 5.82 Å². The van der Waals surface area contributed by atoms with Crippen molar-refractivity contribution in [1.29, 1.82) is 0 Å². The zero-order chi connectivity index (χ0) is 13.8. The molecule has 1 N–H and O–H groups in total. The summed E-state index contributed by atoms with van der Waals surface area (Å²) < 4.78 is 13.2. The number of likely N-dealkylation sites (tertiary alicyclic amines) is 1. The quantitative estimate of drug-likeness (QED) is 0.911. The van der Waals surface area contributed by atoms with Crippen LogP contribution < -0.4 is 0 Å². The number of rotatable bonds is 3. The van der Waals surface area contributed by atoms with Crippen molar-refractivity contribution < 1.29 is 14.3 Å². The van der Waals surface area contributed by atoms with Gasteiger partial charge in [0.2, 0.25) is 0 Å². The maximum atomic E-state index is 13.2. The second-order valence-corrected chi connectivity index (χ2v) is 5.28. The molecule has 4 heteroatoms. The van der Waals surface area contributed by atoms with E-state index >= 15 is 0 Å². The summed E-state index contributed by atoms with van der Waals surface area (Å²) in [6.07, 6.45) is 4.75. The van der Waals surface area contributed by atoms with Crippen molar-refractivity contribution in [2.75, 3.05) is 6.54 Å². The third kappa shape index (κ3) is 3.53. The molecule has 0 saturated carbocycles. The molecular formula is C15H20FNO2. The minimum absolute atomic E-state index is 0.0800. The number of aromatic carboxylic acids is 1. The highest BCUT2D eigenvalue weighted by Gasteiger charge is 2.19. The molecule has 1 aromatic carbocycles. The van der Waals surface area contributed by atoms with Gasteiger partial charge in [-0.05, 0) is 44.0 Å². The first kappa shape index (κ1) is 14.0. The van der Waals surface area contributed by atoms with Crippen molar-refractivity contribution >= 4 is 5.97 Å². The minimum Gasteiger partial charge on any atom is -0.478 e. The Morgan fingerprint density at radius 2 is 2.21 bits per heavy atom. The van der Waals surface area contributed by atoms with E-state index < -0.39 is 11.8 Å². The van der Waals surface area contributed by atoms with Crippen LogP contribution in [0.2, 0.25) is 0 Å². The van der Waals surface area contributed by atoms with E-state index in [0.29, 0.717) is 18.2 Å². The first-order valence-electron chi connectivity index (χ1n) is 6.83. The Morgan fingerprint density at radius 3 is 2.95 bits per heavy atom. The fourth-order valence-electron chi connectivity index (χ4n) is 2.67. The lowest BCUT2D eigenvalue weighted by Crippen LogP contribution is -2.32. The molecule has 1 atom stereocenters. The van der Waals surface area contributed by atoms with Crippen molar-refractivity contribution in [3.63, 3.8) is 0 Å². The lowest BCUT2D eigenvalue weighted by Gasteiger charge is -2.27. The van der Waals surface area contributed by atoms with Crippen LogP contribution in [0, 0.1) is 5.82 Å². The number of carbonyl (C=O) groups is 1. The van der Waals surface area contributed by atoms with Gasteiger partial charge in [-0.3, -0.25) is 4.90 Å². The van der Waals surface area contributed by atoms with E-state index in [0.717, 1.165) is 25.5 Å². The van der Waals surface area contributed by atoms with E-state index in [1.165, 1.54) is 18.9 Å². The summed E-state index contributed by atoms with van der Waals surface area (Å²) in [5.74, 6) is -1.55.